The summed E-state index contributed by atoms with van der Waals surface area (Å²) < 4.78 is 5.15. The molecule has 0 bridgehead atoms. The number of aliphatic hydroxyl groups excluding tert-OH is 1. The molecule has 0 rings (SSSR count). The van der Waals surface area contributed by atoms with Crippen molar-refractivity contribution >= 4 is 0 Å². The average Bonchev–Trinajstić information content (AvgIpc) is 2.03. The first-order chi connectivity index (χ1) is 5.41. The van der Waals surface area contributed by atoms with Gasteiger partial charge >= 0.3 is 0 Å². The van der Waals surface area contributed by atoms with Crippen LogP contribution in [0.5, 0.6) is 0 Å². The van der Waals surface area contributed by atoms with E-state index in [0.717, 1.165) is 13.0 Å². The maximum Gasteiger partial charge on any atom is 0.0965 e. The number of unbranched alkanes of at least 4 members (excludes halogenated alkanes) is 1. The largest absolute Gasteiger partial charge is 0.396 e. The average molecular weight is 161 g/mol. The topological polar surface area (TPSA) is 41.5 Å². The van der Waals surface area contributed by atoms with Crippen LogP contribution in [0.2, 0.25) is 0 Å². The van der Waals surface area contributed by atoms with Crippen LogP contribution in [0.3, 0.4) is 0 Å². The molecule has 0 aliphatic rings. The second kappa shape index (κ2) is 9.88. The maximum atomic E-state index is 8.41. The number of hydrogen-bond acceptors (Lipinski definition) is 3. The second-order valence-corrected chi connectivity index (χ2v) is 2.48. The molecule has 68 valence electrons. The molecule has 0 aromatic heterocycles. The number of ether oxygens (including phenoxy) is 1. The second-order valence-electron chi connectivity index (χ2n) is 2.48. The Bertz CT molecular complexity index is 61.1. The molecule has 3 nitrogen and oxygen atoms in total. The Morgan fingerprint density at radius 2 is 2.18 bits per heavy atom. The van der Waals surface area contributed by atoms with Crippen LogP contribution in [0.25, 0.3) is 0 Å². The van der Waals surface area contributed by atoms with Crippen molar-refractivity contribution in [3.8, 4) is 0 Å². The van der Waals surface area contributed by atoms with Crippen molar-refractivity contribution in [2.75, 3.05) is 26.5 Å². The predicted molar refractivity (Wildman–Crippen MR) is 45.4 cm³/mol. The normalized spacial score (nSPS) is 10.4. The highest BCUT2D eigenvalue weighted by atomic mass is 16.5. The van der Waals surface area contributed by atoms with E-state index in [1.54, 1.807) is 0 Å². The van der Waals surface area contributed by atoms with Crippen LogP contribution in [-0.4, -0.2) is 31.6 Å². The number of aliphatic hydroxyl groups is 1. The lowest BCUT2D eigenvalue weighted by Gasteiger charge is -2.03. The summed E-state index contributed by atoms with van der Waals surface area (Å²) in [4.78, 5) is 0. The highest BCUT2D eigenvalue weighted by Crippen LogP contribution is 1.82. The fraction of sp³-hybridized carbons (Fsp3) is 1.00. The standard InChI is InChI=1S/C8H19NO2/c1-2-3-5-9-8-11-7-4-6-10/h9-10H,2-8H2,1H3. The molecule has 0 aliphatic carbocycles. The minimum atomic E-state index is 0.217. The van der Waals surface area contributed by atoms with Crippen molar-refractivity contribution in [1.29, 1.82) is 0 Å². The Labute approximate surface area is 68.8 Å². The SMILES string of the molecule is CCCCNCOCCCO. The van der Waals surface area contributed by atoms with Gasteiger partial charge in [-0.1, -0.05) is 13.3 Å². The monoisotopic (exact) mass is 161 g/mol. The fourth-order valence-corrected chi connectivity index (χ4v) is 0.685. The number of nitrogens with one attached hydrogen (secondary N) is 1. The smallest absolute Gasteiger partial charge is 0.0965 e. The molecule has 0 aliphatic heterocycles. The molecule has 11 heavy (non-hydrogen) atoms. The lowest BCUT2D eigenvalue weighted by molar-refractivity contribution is 0.101. The Balaban J connectivity index is 2.69. The molecule has 0 atom stereocenters. The van der Waals surface area contributed by atoms with Gasteiger partial charge < -0.3 is 9.84 Å². The maximum absolute atomic E-state index is 8.41. The minimum absolute atomic E-state index is 0.217. The molecular formula is C8H19NO2. The summed E-state index contributed by atoms with van der Waals surface area (Å²) >= 11 is 0. The van der Waals surface area contributed by atoms with Crippen LogP contribution in [0, 0.1) is 0 Å². The molecule has 0 aromatic carbocycles. The summed E-state index contributed by atoms with van der Waals surface area (Å²) in [5.41, 5.74) is 0. The van der Waals surface area contributed by atoms with Crippen molar-refractivity contribution in [3.05, 3.63) is 0 Å². The lowest BCUT2D eigenvalue weighted by atomic mass is 10.3. The van der Waals surface area contributed by atoms with Crippen LogP contribution >= 0.6 is 0 Å². The van der Waals surface area contributed by atoms with Crippen LogP contribution < -0.4 is 5.32 Å². The molecule has 0 unspecified atom stereocenters. The molecule has 0 saturated carbocycles. The zero-order valence-corrected chi connectivity index (χ0v) is 7.31. The van der Waals surface area contributed by atoms with E-state index in [4.69, 9.17) is 9.84 Å². The molecular weight excluding hydrogens is 142 g/mol. The zero-order chi connectivity index (χ0) is 8.36. The van der Waals surface area contributed by atoms with Crippen molar-refractivity contribution in [2.45, 2.75) is 26.2 Å². The molecule has 0 saturated heterocycles. The first-order valence-corrected chi connectivity index (χ1v) is 4.31. The highest BCUT2D eigenvalue weighted by Gasteiger charge is 1.86. The van der Waals surface area contributed by atoms with Gasteiger partial charge in [-0.3, -0.25) is 5.32 Å². The van der Waals surface area contributed by atoms with Gasteiger partial charge in [0.2, 0.25) is 0 Å². The molecule has 3 heteroatoms. The molecule has 0 radical (unpaired) electrons. The van der Waals surface area contributed by atoms with Gasteiger partial charge in [0.25, 0.3) is 0 Å². The zero-order valence-electron chi connectivity index (χ0n) is 7.31. The molecule has 0 amide bonds. The Morgan fingerprint density at radius 3 is 2.82 bits per heavy atom. The van der Waals surface area contributed by atoms with Crippen molar-refractivity contribution < 1.29 is 9.84 Å². The summed E-state index contributed by atoms with van der Waals surface area (Å²) in [7, 11) is 0. The van der Waals surface area contributed by atoms with Crippen molar-refractivity contribution in [2.24, 2.45) is 0 Å². The van der Waals surface area contributed by atoms with E-state index in [9.17, 15) is 0 Å². The van der Waals surface area contributed by atoms with Crippen LogP contribution in [-0.2, 0) is 4.74 Å². The molecule has 0 fully saturated rings. The summed E-state index contributed by atoms with van der Waals surface area (Å²) in [6.07, 6.45) is 3.14. The molecule has 0 heterocycles. The minimum Gasteiger partial charge on any atom is -0.396 e. The van der Waals surface area contributed by atoms with E-state index in [1.165, 1.54) is 12.8 Å². The molecule has 0 aromatic rings. The number of hydrogen-bond donors (Lipinski definition) is 2. The van der Waals surface area contributed by atoms with Gasteiger partial charge in [-0.15, -0.1) is 0 Å². The third-order valence-corrected chi connectivity index (χ3v) is 1.36. The van der Waals surface area contributed by atoms with Gasteiger partial charge in [0.05, 0.1) is 13.3 Å². The van der Waals surface area contributed by atoms with Crippen LogP contribution in [0.1, 0.15) is 26.2 Å². The third kappa shape index (κ3) is 9.88. The Morgan fingerprint density at radius 1 is 1.36 bits per heavy atom. The Hall–Kier alpha value is -0.120. The lowest BCUT2D eigenvalue weighted by Crippen LogP contribution is -2.19. The molecule has 2 N–H and O–H groups in total. The highest BCUT2D eigenvalue weighted by molar-refractivity contribution is 4.39. The van der Waals surface area contributed by atoms with Crippen LogP contribution in [0.4, 0.5) is 0 Å². The van der Waals surface area contributed by atoms with Crippen molar-refractivity contribution in [1.82, 2.24) is 5.32 Å². The van der Waals surface area contributed by atoms with E-state index in [2.05, 4.69) is 12.2 Å². The van der Waals surface area contributed by atoms with Gasteiger partial charge in [-0.05, 0) is 19.4 Å². The summed E-state index contributed by atoms with van der Waals surface area (Å²) in [6.45, 7) is 4.66. The summed E-state index contributed by atoms with van der Waals surface area (Å²) in [6, 6.07) is 0. The van der Waals surface area contributed by atoms with Gasteiger partial charge in [-0.2, -0.15) is 0 Å². The van der Waals surface area contributed by atoms with E-state index in [-0.39, 0.29) is 6.61 Å². The number of rotatable bonds is 8. The Kier molecular flexibility index (Phi) is 9.77. The predicted octanol–water partition coefficient (Wildman–Crippen LogP) is 0.733. The first-order valence-electron chi connectivity index (χ1n) is 4.31. The van der Waals surface area contributed by atoms with Crippen LogP contribution in [0.15, 0.2) is 0 Å². The van der Waals surface area contributed by atoms with Gasteiger partial charge in [-0.25, -0.2) is 0 Å². The first kappa shape index (κ1) is 10.9. The third-order valence-electron chi connectivity index (χ3n) is 1.36. The van der Waals surface area contributed by atoms with E-state index < -0.39 is 0 Å². The van der Waals surface area contributed by atoms with E-state index in [0.29, 0.717) is 13.3 Å². The van der Waals surface area contributed by atoms with Crippen molar-refractivity contribution in [3.63, 3.8) is 0 Å². The van der Waals surface area contributed by atoms with Gasteiger partial charge in [0.1, 0.15) is 0 Å². The summed E-state index contributed by atoms with van der Waals surface area (Å²) in [5.74, 6) is 0. The fourth-order valence-electron chi connectivity index (χ4n) is 0.685. The summed E-state index contributed by atoms with van der Waals surface area (Å²) in [5, 5.41) is 11.5. The van der Waals surface area contributed by atoms with Gasteiger partial charge in [0.15, 0.2) is 0 Å². The van der Waals surface area contributed by atoms with E-state index in [1.807, 2.05) is 0 Å². The molecule has 0 spiro atoms. The van der Waals surface area contributed by atoms with Gasteiger partial charge in [0, 0.05) is 6.61 Å². The van der Waals surface area contributed by atoms with E-state index >= 15 is 0 Å². The quantitative estimate of drug-likeness (QED) is 0.407.